The number of aromatic nitrogens is 5. The monoisotopic (exact) mass is 471 g/mol. The maximum Gasteiger partial charge on any atom is 0.416 e. The van der Waals surface area contributed by atoms with Gasteiger partial charge in [0.05, 0.1) is 11.1 Å². The van der Waals surface area contributed by atoms with E-state index in [9.17, 15) is 31.1 Å². The minimum absolute atomic E-state index is 0.0123. The summed E-state index contributed by atoms with van der Waals surface area (Å²) in [5.74, 6) is -0.198. The van der Waals surface area contributed by atoms with E-state index in [1.54, 1.807) is 19.9 Å². The van der Waals surface area contributed by atoms with Gasteiger partial charge in [0.2, 0.25) is 0 Å². The quantitative estimate of drug-likeness (QED) is 0.332. The molecule has 0 spiro atoms. The molecule has 1 amide bonds. The Labute approximate surface area is 182 Å². The van der Waals surface area contributed by atoms with Crippen molar-refractivity contribution in [2.75, 3.05) is 5.43 Å². The van der Waals surface area contributed by atoms with E-state index in [0.29, 0.717) is 29.5 Å². The molecule has 0 saturated heterocycles. The Morgan fingerprint density at radius 1 is 0.970 bits per heavy atom. The number of amides is 1. The second-order valence-corrected chi connectivity index (χ2v) is 6.71. The van der Waals surface area contributed by atoms with E-state index in [2.05, 4.69) is 30.9 Å². The topological polar surface area (TPSA) is 97.6 Å². The summed E-state index contributed by atoms with van der Waals surface area (Å²) < 4.78 is 79.1. The average molecular weight is 471 g/mol. The van der Waals surface area contributed by atoms with Crippen LogP contribution in [0, 0.1) is 13.8 Å². The molecule has 0 fully saturated rings. The number of hydrazine groups is 1. The van der Waals surface area contributed by atoms with E-state index in [1.165, 1.54) is 0 Å². The zero-order valence-corrected chi connectivity index (χ0v) is 17.0. The summed E-state index contributed by atoms with van der Waals surface area (Å²) in [6.07, 6.45) is -6.84. The van der Waals surface area contributed by atoms with Gasteiger partial charge in [-0.3, -0.25) is 15.6 Å². The molecule has 0 atom stereocenters. The van der Waals surface area contributed by atoms with Crippen molar-refractivity contribution in [3.63, 3.8) is 0 Å². The number of hydrogen-bond acceptors (Lipinski definition) is 6. The van der Waals surface area contributed by atoms with Crippen molar-refractivity contribution < 1.29 is 31.1 Å². The molecule has 0 aliphatic heterocycles. The van der Waals surface area contributed by atoms with Crippen LogP contribution in [0.3, 0.4) is 0 Å². The molecule has 174 valence electrons. The second-order valence-electron chi connectivity index (χ2n) is 6.71. The third kappa shape index (κ3) is 6.27. The van der Waals surface area contributed by atoms with Gasteiger partial charge in [-0.1, -0.05) is 0 Å². The third-order valence-corrected chi connectivity index (χ3v) is 4.01. The number of rotatable bonds is 5. The Morgan fingerprint density at radius 3 is 2.18 bits per heavy atom. The van der Waals surface area contributed by atoms with Gasteiger partial charge >= 0.3 is 12.4 Å². The van der Waals surface area contributed by atoms with Gasteiger partial charge in [-0.05, 0) is 32.0 Å². The fourth-order valence-corrected chi connectivity index (χ4v) is 2.66. The normalized spacial score (nSPS) is 12.2. The van der Waals surface area contributed by atoms with Crippen LogP contribution in [0.15, 0.2) is 36.7 Å². The minimum atomic E-state index is -5.00. The average Bonchev–Trinajstić information content (AvgIpc) is 3.17. The lowest BCUT2D eigenvalue weighted by atomic mass is 10.0. The van der Waals surface area contributed by atoms with Crippen LogP contribution >= 0.6 is 0 Å². The van der Waals surface area contributed by atoms with Gasteiger partial charge in [0, 0.05) is 29.6 Å². The first-order chi connectivity index (χ1) is 15.3. The van der Waals surface area contributed by atoms with Crippen molar-refractivity contribution in [2.45, 2.75) is 26.2 Å². The molecule has 3 rings (SSSR count). The predicted octanol–water partition coefficient (Wildman–Crippen LogP) is 4.00. The number of nitrogens with zero attached hydrogens (tertiary/aromatic N) is 5. The zero-order valence-electron chi connectivity index (χ0n) is 17.0. The first-order valence-electron chi connectivity index (χ1n) is 9.09. The van der Waals surface area contributed by atoms with Crippen LogP contribution in [0.25, 0.3) is 17.6 Å². The van der Waals surface area contributed by atoms with E-state index < -0.39 is 35.0 Å². The molecule has 0 aliphatic carbocycles. The number of anilines is 1. The van der Waals surface area contributed by atoms with Gasteiger partial charge in [0.15, 0.2) is 5.82 Å². The van der Waals surface area contributed by atoms with Crippen LogP contribution in [0.1, 0.15) is 22.6 Å². The molecule has 0 aliphatic rings. The summed E-state index contributed by atoms with van der Waals surface area (Å²) in [4.78, 5) is 23.8. The molecule has 8 nitrogen and oxygen atoms in total. The molecular weight excluding hydrogens is 456 g/mol. The Morgan fingerprint density at radius 2 is 1.61 bits per heavy atom. The standard InChI is InChI=1S/C19H15F6N7O/c1-10-5-15(28-11(2)27-10)29-30-16(33)3-4-32-9-26-17(31-32)12-6-13(18(20,21)22)8-14(7-12)19(23,24)25/h3-9H,1-2H3,(H,30,33)(H,27,28,29)/b4-3-. The maximum atomic E-state index is 13.0. The molecule has 0 saturated carbocycles. The Balaban J connectivity index is 1.75. The lowest BCUT2D eigenvalue weighted by molar-refractivity contribution is -0.143. The largest absolute Gasteiger partial charge is 0.416 e. The Hall–Kier alpha value is -3.97. The molecule has 1 aromatic carbocycles. The van der Waals surface area contributed by atoms with Gasteiger partial charge in [-0.25, -0.2) is 19.6 Å². The molecule has 3 aromatic rings. The SMILES string of the molecule is Cc1cc(NNC(=O)/C=C\n2cnc(-c3cc(C(F)(F)F)cc(C(F)(F)F)c3)n2)nc(C)n1. The van der Waals surface area contributed by atoms with Gasteiger partial charge in [0.25, 0.3) is 5.91 Å². The highest BCUT2D eigenvalue weighted by molar-refractivity contribution is 5.90. The van der Waals surface area contributed by atoms with Gasteiger partial charge in [-0.2, -0.15) is 26.3 Å². The van der Waals surface area contributed by atoms with E-state index >= 15 is 0 Å². The van der Waals surface area contributed by atoms with Gasteiger partial charge < -0.3 is 0 Å². The number of hydrogen-bond donors (Lipinski definition) is 2. The predicted molar refractivity (Wildman–Crippen MR) is 104 cm³/mol. The summed E-state index contributed by atoms with van der Waals surface area (Å²) in [6, 6.07) is 2.63. The Bertz CT molecular complexity index is 1150. The van der Waals surface area contributed by atoms with Gasteiger partial charge in [0.1, 0.15) is 18.0 Å². The molecule has 2 N–H and O–H groups in total. The van der Waals surface area contributed by atoms with Gasteiger partial charge in [-0.15, -0.1) is 5.10 Å². The highest BCUT2D eigenvalue weighted by Crippen LogP contribution is 2.38. The zero-order chi connectivity index (χ0) is 24.4. The summed E-state index contributed by atoms with van der Waals surface area (Å²) in [5, 5.41) is 3.80. The number of benzene rings is 1. The number of carbonyl (C=O) groups excluding carboxylic acids is 1. The second kappa shape index (κ2) is 8.88. The number of carbonyl (C=O) groups is 1. The highest BCUT2D eigenvalue weighted by Gasteiger charge is 2.37. The van der Waals surface area contributed by atoms with Crippen LogP contribution in [-0.2, 0) is 17.1 Å². The van der Waals surface area contributed by atoms with Crippen LogP contribution in [0.4, 0.5) is 32.2 Å². The van der Waals surface area contributed by atoms with Crippen LogP contribution in [0.2, 0.25) is 0 Å². The van der Waals surface area contributed by atoms with Crippen LogP contribution in [0.5, 0.6) is 0 Å². The van der Waals surface area contributed by atoms with Crippen molar-refractivity contribution in [3.8, 4) is 11.4 Å². The fourth-order valence-electron chi connectivity index (χ4n) is 2.66. The molecule has 14 heteroatoms. The lowest BCUT2D eigenvalue weighted by Gasteiger charge is -2.13. The minimum Gasteiger partial charge on any atom is -0.282 e. The summed E-state index contributed by atoms with van der Waals surface area (Å²) in [6.45, 7) is 3.41. The molecule has 33 heavy (non-hydrogen) atoms. The fraction of sp³-hybridized carbons (Fsp3) is 0.211. The van der Waals surface area contributed by atoms with E-state index in [4.69, 9.17) is 0 Å². The van der Waals surface area contributed by atoms with E-state index in [-0.39, 0.29) is 11.9 Å². The molecular formula is C19H15F6N7O. The van der Waals surface area contributed by atoms with E-state index in [0.717, 1.165) is 23.3 Å². The first-order valence-corrected chi connectivity index (χ1v) is 9.09. The molecule has 0 bridgehead atoms. The summed E-state index contributed by atoms with van der Waals surface area (Å²) >= 11 is 0. The smallest absolute Gasteiger partial charge is 0.282 e. The van der Waals surface area contributed by atoms with Crippen molar-refractivity contribution in [3.05, 3.63) is 59.3 Å². The third-order valence-electron chi connectivity index (χ3n) is 4.01. The molecule has 2 aromatic heterocycles. The van der Waals surface area contributed by atoms with Crippen molar-refractivity contribution in [1.29, 1.82) is 0 Å². The lowest BCUT2D eigenvalue weighted by Crippen LogP contribution is -2.28. The van der Waals surface area contributed by atoms with Crippen molar-refractivity contribution >= 4 is 17.9 Å². The molecule has 0 radical (unpaired) electrons. The maximum absolute atomic E-state index is 13.0. The van der Waals surface area contributed by atoms with Crippen molar-refractivity contribution in [1.82, 2.24) is 30.2 Å². The number of halogens is 6. The van der Waals surface area contributed by atoms with Crippen LogP contribution in [-0.4, -0.2) is 30.6 Å². The first kappa shape index (κ1) is 23.7. The number of nitrogens with one attached hydrogen (secondary N) is 2. The molecule has 0 unspecified atom stereocenters. The van der Waals surface area contributed by atoms with E-state index in [1.807, 2.05) is 0 Å². The molecule has 2 heterocycles. The highest BCUT2D eigenvalue weighted by atomic mass is 19.4. The Kier molecular flexibility index (Phi) is 6.37. The van der Waals surface area contributed by atoms with Crippen LogP contribution < -0.4 is 10.9 Å². The number of aryl methyl sites for hydroxylation is 2. The summed E-state index contributed by atoms with van der Waals surface area (Å²) in [7, 11) is 0. The van der Waals surface area contributed by atoms with Crippen molar-refractivity contribution in [2.24, 2.45) is 0 Å². The summed E-state index contributed by atoms with van der Waals surface area (Å²) in [5.41, 5.74) is 2.13. The number of alkyl halides is 6.